The Bertz CT molecular complexity index is 643. The number of nitrogens with zero attached hydrogens (tertiary/aromatic N) is 2. The predicted octanol–water partition coefficient (Wildman–Crippen LogP) is 3.94. The molecule has 0 aliphatic carbocycles. The number of hydrogen-bond donors (Lipinski definition) is 1. The largest absolute Gasteiger partial charge is 0.378 e. The van der Waals surface area contributed by atoms with E-state index in [-0.39, 0.29) is 11.6 Å². The molecule has 0 spiro atoms. The lowest BCUT2D eigenvalue weighted by molar-refractivity contribution is 0.624. The SMILES string of the molecule is Cc1nc(C)c(C(C)Nc2ccc(C#N)c(F)c2)s1. The van der Waals surface area contributed by atoms with Crippen molar-refractivity contribution in [2.75, 3.05) is 5.32 Å². The Morgan fingerprint density at radius 3 is 2.68 bits per heavy atom. The molecule has 1 aromatic heterocycles. The lowest BCUT2D eigenvalue weighted by Crippen LogP contribution is -2.06. The lowest BCUT2D eigenvalue weighted by atomic mass is 10.2. The smallest absolute Gasteiger partial charge is 0.143 e. The molecule has 0 radical (unpaired) electrons. The fourth-order valence-electron chi connectivity index (χ4n) is 1.96. The van der Waals surface area contributed by atoms with Crippen LogP contribution in [0.3, 0.4) is 0 Å². The van der Waals surface area contributed by atoms with Crippen molar-refractivity contribution in [1.82, 2.24) is 4.98 Å². The summed E-state index contributed by atoms with van der Waals surface area (Å²) in [5.41, 5.74) is 1.72. The molecule has 3 nitrogen and oxygen atoms in total. The highest BCUT2D eigenvalue weighted by atomic mass is 32.1. The number of nitrogens with one attached hydrogen (secondary N) is 1. The highest BCUT2D eigenvalue weighted by molar-refractivity contribution is 7.11. The van der Waals surface area contributed by atoms with Crippen LogP contribution in [0.4, 0.5) is 10.1 Å². The Hall–Kier alpha value is -1.93. The molecule has 1 unspecified atom stereocenters. The highest BCUT2D eigenvalue weighted by Gasteiger charge is 2.13. The number of aryl methyl sites for hydroxylation is 2. The van der Waals surface area contributed by atoms with Crippen molar-refractivity contribution in [3.05, 3.63) is 45.2 Å². The molecule has 19 heavy (non-hydrogen) atoms. The van der Waals surface area contributed by atoms with Crippen LogP contribution in [0.25, 0.3) is 0 Å². The lowest BCUT2D eigenvalue weighted by Gasteiger charge is -2.14. The number of anilines is 1. The van der Waals surface area contributed by atoms with E-state index in [1.54, 1.807) is 17.4 Å². The van der Waals surface area contributed by atoms with Crippen LogP contribution in [0.2, 0.25) is 0 Å². The van der Waals surface area contributed by atoms with E-state index in [9.17, 15) is 4.39 Å². The van der Waals surface area contributed by atoms with Crippen molar-refractivity contribution in [2.24, 2.45) is 0 Å². The monoisotopic (exact) mass is 275 g/mol. The maximum Gasteiger partial charge on any atom is 0.143 e. The molecular formula is C14H14FN3S. The first kappa shape index (κ1) is 13.5. The van der Waals surface area contributed by atoms with Crippen molar-refractivity contribution in [3.8, 4) is 6.07 Å². The first-order valence-corrected chi connectivity index (χ1v) is 6.73. The molecule has 1 N–H and O–H groups in total. The quantitative estimate of drug-likeness (QED) is 0.922. The normalized spacial score (nSPS) is 11.9. The third-order valence-electron chi connectivity index (χ3n) is 2.81. The molecule has 2 aromatic rings. The van der Waals surface area contributed by atoms with Crippen molar-refractivity contribution >= 4 is 17.0 Å². The van der Waals surface area contributed by atoms with Crippen LogP contribution in [0.1, 0.15) is 34.1 Å². The van der Waals surface area contributed by atoms with Gasteiger partial charge in [-0.15, -0.1) is 11.3 Å². The van der Waals surface area contributed by atoms with E-state index in [2.05, 4.69) is 10.3 Å². The minimum atomic E-state index is -0.503. The standard InChI is InChI=1S/C14H14FN3S/c1-8-14(19-10(3)17-8)9(2)18-12-5-4-11(7-16)13(15)6-12/h4-6,9,18H,1-3H3. The number of benzene rings is 1. The summed E-state index contributed by atoms with van der Waals surface area (Å²) in [6.45, 7) is 5.95. The van der Waals surface area contributed by atoms with Crippen LogP contribution < -0.4 is 5.32 Å². The van der Waals surface area contributed by atoms with Crippen molar-refractivity contribution < 1.29 is 4.39 Å². The number of thiazole rings is 1. The van der Waals surface area contributed by atoms with E-state index in [4.69, 9.17) is 5.26 Å². The molecule has 0 aliphatic rings. The van der Waals surface area contributed by atoms with Gasteiger partial charge in [0.2, 0.25) is 0 Å². The van der Waals surface area contributed by atoms with Crippen LogP contribution >= 0.6 is 11.3 Å². The molecule has 0 amide bonds. The minimum absolute atomic E-state index is 0.0542. The molecule has 0 fully saturated rings. The first-order valence-electron chi connectivity index (χ1n) is 5.91. The summed E-state index contributed by atoms with van der Waals surface area (Å²) in [5, 5.41) is 12.9. The van der Waals surface area contributed by atoms with E-state index in [1.165, 1.54) is 12.1 Å². The molecule has 0 saturated heterocycles. The fourth-order valence-corrected chi connectivity index (χ4v) is 2.89. The van der Waals surface area contributed by atoms with Crippen LogP contribution in [0.15, 0.2) is 18.2 Å². The van der Waals surface area contributed by atoms with E-state index in [0.29, 0.717) is 5.69 Å². The zero-order valence-electron chi connectivity index (χ0n) is 11.0. The van der Waals surface area contributed by atoms with Gasteiger partial charge in [0.05, 0.1) is 22.3 Å². The molecule has 0 saturated carbocycles. The van der Waals surface area contributed by atoms with Crippen LogP contribution in [0.5, 0.6) is 0 Å². The molecule has 1 atom stereocenters. The molecule has 0 bridgehead atoms. The van der Waals surface area contributed by atoms with Crippen LogP contribution in [0, 0.1) is 31.0 Å². The zero-order chi connectivity index (χ0) is 14.0. The average molecular weight is 275 g/mol. The number of hydrogen-bond acceptors (Lipinski definition) is 4. The molecule has 1 heterocycles. The van der Waals surface area contributed by atoms with Crippen molar-refractivity contribution in [1.29, 1.82) is 5.26 Å². The maximum atomic E-state index is 13.5. The Morgan fingerprint density at radius 2 is 2.16 bits per heavy atom. The van der Waals surface area contributed by atoms with Gasteiger partial charge in [-0.3, -0.25) is 0 Å². The van der Waals surface area contributed by atoms with Gasteiger partial charge in [0.15, 0.2) is 0 Å². The second-order valence-corrected chi connectivity index (χ2v) is 5.59. The molecule has 0 aliphatic heterocycles. The third-order valence-corrected chi connectivity index (χ3v) is 4.06. The topological polar surface area (TPSA) is 48.7 Å². The molecule has 2 rings (SSSR count). The molecule has 5 heteroatoms. The van der Waals surface area contributed by atoms with Gasteiger partial charge in [0, 0.05) is 10.6 Å². The van der Waals surface area contributed by atoms with Gasteiger partial charge in [-0.25, -0.2) is 9.37 Å². The number of aromatic nitrogens is 1. The van der Waals surface area contributed by atoms with E-state index in [0.717, 1.165) is 15.6 Å². The van der Waals surface area contributed by atoms with E-state index >= 15 is 0 Å². The molecular weight excluding hydrogens is 261 g/mol. The second-order valence-electron chi connectivity index (χ2n) is 4.35. The van der Waals surface area contributed by atoms with Gasteiger partial charge < -0.3 is 5.32 Å². The third kappa shape index (κ3) is 2.91. The second kappa shape index (κ2) is 5.37. The molecule has 1 aromatic carbocycles. The molecule has 98 valence electrons. The van der Waals surface area contributed by atoms with Gasteiger partial charge in [0.25, 0.3) is 0 Å². The average Bonchev–Trinajstić information content (AvgIpc) is 2.69. The summed E-state index contributed by atoms with van der Waals surface area (Å²) in [6.07, 6.45) is 0. The summed E-state index contributed by atoms with van der Waals surface area (Å²) in [6, 6.07) is 6.40. The number of nitriles is 1. The first-order chi connectivity index (χ1) is 9.01. The van der Waals surface area contributed by atoms with Gasteiger partial charge >= 0.3 is 0 Å². The van der Waals surface area contributed by atoms with Gasteiger partial charge in [-0.1, -0.05) is 0 Å². The number of rotatable bonds is 3. The van der Waals surface area contributed by atoms with Crippen LogP contribution in [-0.4, -0.2) is 4.98 Å². The zero-order valence-corrected chi connectivity index (χ0v) is 11.8. The minimum Gasteiger partial charge on any atom is -0.378 e. The summed E-state index contributed by atoms with van der Waals surface area (Å²) in [5.74, 6) is -0.503. The summed E-state index contributed by atoms with van der Waals surface area (Å²) in [7, 11) is 0. The van der Waals surface area contributed by atoms with Gasteiger partial charge in [-0.05, 0) is 39.0 Å². The predicted molar refractivity (Wildman–Crippen MR) is 74.7 cm³/mol. The van der Waals surface area contributed by atoms with Gasteiger partial charge in [-0.2, -0.15) is 5.26 Å². The van der Waals surface area contributed by atoms with Crippen molar-refractivity contribution in [2.45, 2.75) is 26.8 Å². The summed E-state index contributed by atoms with van der Waals surface area (Å²) < 4.78 is 13.5. The van der Waals surface area contributed by atoms with Crippen molar-refractivity contribution in [3.63, 3.8) is 0 Å². The van der Waals surface area contributed by atoms with E-state index in [1.807, 2.05) is 26.8 Å². The summed E-state index contributed by atoms with van der Waals surface area (Å²) in [4.78, 5) is 5.52. The highest BCUT2D eigenvalue weighted by Crippen LogP contribution is 2.27. The Kier molecular flexibility index (Phi) is 3.82. The van der Waals surface area contributed by atoms with Crippen LogP contribution in [-0.2, 0) is 0 Å². The Balaban J connectivity index is 2.20. The fraction of sp³-hybridized carbons (Fsp3) is 0.286. The summed E-state index contributed by atoms with van der Waals surface area (Å²) >= 11 is 1.63. The Labute approximate surface area is 115 Å². The van der Waals surface area contributed by atoms with Gasteiger partial charge in [0.1, 0.15) is 11.9 Å². The Morgan fingerprint density at radius 1 is 1.42 bits per heavy atom. The maximum absolute atomic E-state index is 13.5. The van der Waals surface area contributed by atoms with E-state index < -0.39 is 5.82 Å². The number of halogens is 1.